The van der Waals surface area contributed by atoms with Crippen molar-refractivity contribution in [3.8, 4) is 0 Å². The van der Waals surface area contributed by atoms with Crippen LogP contribution in [-0.4, -0.2) is 10.9 Å². The van der Waals surface area contributed by atoms with Crippen molar-refractivity contribution in [2.75, 3.05) is 5.32 Å². The maximum Gasteiger partial charge on any atom is 0.193 e. The zero-order chi connectivity index (χ0) is 16.1. The number of nitrogens with one attached hydrogen (secondary N) is 1. The summed E-state index contributed by atoms with van der Waals surface area (Å²) in [5.41, 5.74) is 11.9. The average Bonchev–Trinajstić information content (AvgIpc) is 2.60. The number of nitrogens with two attached hydrogens (primary N) is 1. The van der Waals surface area contributed by atoms with Crippen LogP contribution in [0.2, 0.25) is 0 Å². The highest BCUT2D eigenvalue weighted by molar-refractivity contribution is 5.92. The molecular formula is C19H24N4. The van der Waals surface area contributed by atoms with Crippen molar-refractivity contribution < 1.29 is 0 Å². The minimum Gasteiger partial charge on any atom is -0.370 e. The van der Waals surface area contributed by atoms with Gasteiger partial charge in [-0.05, 0) is 61.4 Å². The molecule has 3 rings (SSSR count). The standard InChI is InChI=1S/C19H24N4/c1-2-14-6-5-8-16(12-14)23-19(20)21-13-17-11-10-15-7-3-4-9-18(15)22-17/h5-6,8,10-12H,2-4,7,9,13H2,1H3,(H3,20,21,23). The molecule has 0 fully saturated rings. The van der Waals surface area contributed by atoms with Crippen LogP contribution in [0.1, 0.15) is 42.3 Å². The minimum atomic E-state index is 0.428. The fourth-order valence-electron chi connectivity index (χ4n) is 2.94. The molecule has 0 amide bonds. The van der Waals surface area contributed by atoms with Gasteiger partial charge >= 0.3 is 0 Å². The molecule has 0 bridgehead atoms. The second-order valence-corrected chi connectivity index (χ2v) is 6.00. The number of aryl methyl sites for hydroxylation is 3. The van der Waals surface area contributed by atoms with E-state index in [0.29, 0.717) is 12.5 Å². The lowest BCUT2D eigenvalue weighted by atomic mass is 9.96. The molecule has 120 valence electrons. The largest absolute Gasteiger partial charge is 0.370 e. The van der Waals surface area contributed by atoms with E-state index in [2.05, 4.69) is 41.5 Å². The molecule has 0 atom stereocenters. The summed E-state index contributed by atoms with van der Waals surface area (Å²) in [4.78, 5) is 9.14. The third-order valence-electron chi connectivity index (χ3n) is 4.25. The van der Waals surface area contributed by atoms with Crippen LogP contribution in [0.5, 0.6) is 0 Å². The van der Waals surface area contributed by atoms with Crippen LogP contribution in [0.25, 0.3) is 0 Å². The Morgan fingerprint density at radius 3 is 2.96 bits per heavy atom. The average molecular weight is 308 g/mol. The first kappa shape index (κ1) is 15.5. The molecule has 1 aromatic heterocycles. The highest BCUT2D eigenvalue weighted by atomic mass is 15.1. The van der Waals surface area contributed by atoms with Crippen molar-refractivity contribution in [2.24, 2.45) is 10.7 Å². The maximum absolute atomic E-state index is 5.99. The third kappa shape index (κ3) is 4.09. The van der Waals surface area contributed by atoms with E-state index in [1.165, 1.54) is 29.7 Å². The zero-order valence-corrected chi connectivity index (χ0v) is 13.7. The van der Waals surface area contributed by atoms with Gasteiger partial charge in [0.1, 0.15) is 0 Å². The number of hydrogen-bond donors (Lipinski definition) is 2. The molecule has 0 radical (unpaired) electrons. The molecule has 0 unspecified atom stereocenters. The van der Waals surface area contributed by atoms with E-state index in [1.54, 1.807) is 0 Å². The molecule has 1 heterocycles. The topological polar surface area (TPSA) is 63.3 Å². The molecule has 4 nitrogen and oxygen atoms in total. The van der Waals surface area contributed by atoms with Gasteiger partial charge in [-0.15, -0.1) is 0 Å². The van der Waals surface area contributed by atoms with Crippen LogP contribution in [0, 0.1) is 0 Å². The van der Waals surface area contributed by atoms with Crippen LogP contribution in [0.4, 0.5) is 5.69 Å². The van der Waals surface area contributed by atoms with Gasteiger partial charge in [-0.1, -0.05) is 25.1 Å². The Balaban J connectivity index is 1.64. The summed E-state index contributed by atoms with van der Waals surface area (Å²) in [5, 5.41) is 3.15. The maximum atomic E-state index is 5.99. The Bertz CT molecular complexity index is 706. The number of hydrogen-bond acceptors (Lipinski definition) is 2. The monoisotopic (exact) mass is 308 g/mol. The summed E-state index contributed by atoms with van der Waals surface area (Å²) < 4.78 is 0. The predicted molar refractivity (Wildman–Crippen MR) is 95.6 cm³/mol. The number of benzene rings is 1. The second-order valence-electron chi connectivity index (χ2n) is 6.00. The number of aromatic nitrogens is 1. The van der Waals surface area contributed by atoms with Crippen LogP contribution in [0.15, 0.2) is 41.4 Å². The summed E-state index contributed by atoms with van der Waals surface area (Å²) in [5.74, 6) is 0.428. The van der Waals surface area contributed by atoms with E-state index in [9.17, 15) is 0 Å². The van der Waals surface area contributed by atoms with Gasteiger partial charge in [0.25, 0.3) is 0 Å². The van der Waals surface area contributed by atoms with Gasteiger partial charge in [-0.2, -0.15) is 0 Å². The lowest BCUT2D eigenvalue weighted by molar-refractivity contribution is 0.663. The van der Waals surface area contributed by atoms with Crippen LogP contribution < -0.4 is 11.1 Å². The van der Waals surface area contributed by atoms with Crippen molar-refractivity contribution in [2.45, 2.75) is 45.6 Å². The third-order valence-corrected chi connectivity index (χ3v) is 4.25. The summed E-state index contributed by atoms with van der Waals surface area (Å²) in [6, 6.07) is 12.5. The molecule has 0 spiro atoms. The summed E-state index contributed by atoms with van der Waals surface area (Å²) in [6.07, 6.45) is 5.77. The van der Waals surface area contributed by atoms with E-state index >= 15 is 0 Å². The van der Waals surface area contributed by atoms with E-state index < -0.39 is 0 Å². The SMILES string of the molecule is CCc1cccc(NC(N)=NCc2ccc3c(n2)CCCC3)c1. The van der Waals surface area contributed by atoms with Gasteiger partial charge in [-0.25, -0.2) is 4.99 Å². The van der Waals surface area contributed by atoms with Crippen LogP contribution in [-0.2, 0) is 25.8 Å². The first-order valence-corrected chi connectivity index (χ1v) is 8.38. The van der Waals surface area contributed by atoms with Gasteiger partial charge < -0.3 is 11.1 Å². The van der Waals surface area contributed by atoms with Gasteiger partial charge in [0, 0.05) is 11.4 Å². The fourth-order valence-corrected chi connectivity index (χ4v) is 2.94. The molecule has 4 heteroatoms. The lowest BCUT2D eigenvalue weighted by Crippen LogP contribution is -2.22. The Morgan fingerprint density at radius 2 is 2.09 bits per heavy atom. The normalized spacial score (nSPS) is 14.4. The van der Waals surface area contributed by atoms with Crippen molar-refractivity contribution >= 4 is 11.6 Å². The van der Waals surface area contributed by atoms with Crippen molar-refractivity contribution in [1.29, 1.82) is 0 Å². The smallest absolute Gasteiger partial charge is 0.193 e. The molecule has 1 aliphatic rings. The Hall–Kier alpha value is -2.36. The predicted octanol–water partition coefficient (Wildman–Crippen LogP) is 3.45. The van der Waals surface area contributed by atoms with Gasteiger partial charge in [0.05, 0.1) is 12.2 Å². The number of guanidine groups is 1. The fraction of sp³-hybridized carbons (Fsp3) is 0.368. The minimum absolute atomic E-state index is 0.428. The van der Waals surface area contributed by atoms with E-state index in [1.807, 2.05) is 12.1 Å². The molecule has 0 saturated carbocycles. The number of aliphatic imine (C=N–C) groups is 1. The lowest BCUT2D eigenvalue weighted by Gasteiger charge is -2.15. The van der Waals surface area contributed by atoms with Crippen molar-refractivity contribution in [1.82, 2.24) is 4.98 Å². The molecule has 1 aliphatic carbocycles. The van der Waals surface area contributed by atoms with Crippen LogP contribution in [0.3, 0.4) is 0 Å². The number of anilines is 1. The van der Waals surface area contributed by atoms with Crippen LogP contribution >= 0.6 is 0 Å². The first-order valence-electron chi connectivity index (χ1n) is 8.38. The molecule has 1 aromatic carbocycles. The zero-order valence-electron chi connectivity index (χ0n) is 13.7. The molecular weight excluding hydrogens is 284 g/mol. The number of fused-ring (bicyclic) bond motifs is 1. The summed E-state index contributed by atoms with van der Waals surface area (Å²) >= 11 is 0. The van der Waals surface area contributed by atoms with Gasteiger partial charge in [0.15, 0.2) is 5.96 Å². The quantitative estimate of drug-likeness (QED) is 0.671. The van der Waals surface area contributed by atoms with Gasteiger partial charge in [0.2, 0.25) is 0 Å². The first-order chi connectivity index (χ1) is 11.2. The van der Waals surface area contributed by atoms with Crippen molar-refractivity contribution in [3.05, 3.63) is 58.9 Å². The number of nitrogens with zero attached hydrogens (tertiary/aromatic N) is 2. The summed E-state index contributed by atoms with van der Waals surface area (Å²) in [7, 11) is 0. The highest BCUT2D eigenvalue weighted by Gasteiger charge is 2.10. The van der Waals surface area contributed by atoms with E-state index in [4.69, 9.17) is 10.7 Å². The Morgan fingerprint density at radius 1 is 1.22 bits per heavy atom. The number of rotatable bonds is 4. The van der Waals surface area contributed by atoms with Crippen molar-refractivity contribution in [3.63, 3.8) is 0 Å². The molecule has 0 saturated heterocycles. The number of pyridine rings is 1. The summed E-state index contributed by atoms with van der Waals surface area (Å²) in [6.45, 7) is 2.65. The second kappa shape index (κ2) is 7.27. The van der Waals surface area contributed by atoms with Gasteiger partial charge in [-0.3, -0.25) is 4.98 Å². The van der Waals surface area contributed by atoms with E-state index in [-0.39, 0.29) is 0 Å². The molecule has 23 heavy (non-hydrogen) atoms. The molecule has 0 aliphatic heterocycles. The highest BCUT2D eigenvalue weighted by Crippen LogP contribution is 2.19. The van der Waals surface area contributed by atoms with E-state index in [0.717, 1.165) is 30.6 Å². The molecule has 2 aromatic rings. The molecule has 3 N–H and O–H groups in total. The Kier molecular flexibility index (Phi) is 4.91. The Labute approximate surface area is 137 Å².